The van der Waals surface area contributed by atoms with Crippen LogP contribution in [0.4, 0.5) is 0 Å². The van der Waals surface area contributed by atoms with Crippen LogP contribution in [0.1, 0.15) is 13.8 Å². The quantitative estimate of drug-likeness (QED) is 0.608. The normalized spacial score (nSPS) is 13.9. The molecule has 0 heterocycles. The second-order valence-corrected chi connectivity index (χ2v) is 5.87. The Bertz CT molecular complexity index is 400. The lowest BCUT2D eigenvalue weighted by Crippen LogP contribution is -2.25. The number of alkyl halides is 1. The molecule has 1 atom stereocenters. The minimum absolute atomic E-state index is 0.194. The summed E-state index contributed by atoms with van der Waals surface area (Å²) < 4.78 is 27.0. The molecule has 0 saturated heterocycles. The molecule has 15 heavy (non-hydrogen) atoms. The molecule has 0 aliphatic carbocycles. The molecule has 84 valence electrons. The predicted octanol–water partition coefficient (Wildman–Crippen LogP) is 2.62. The van der Waals surface area contributed by atoms with Gasteiger partial charge >= 0.3 is 10.1 Å². The van der Waals surface area contributed by atoms with Crippen LogP contribution in [-0.2, 0) is 10.1 Å². The fourth-order valence-corrected chi connectivity index (χ4v) is 2.24. The summed E-state index contributed by atoms with van der Waals surface area (Å²) in [5.41, 5.74) is 0. The fourth-order valence-electron chi connectivity index (χ4n) is 0.989. The number of benzene rings is 1. The van der Waals surface area contributed by atoms with E-state index in [4.69, 9.17) is 15.8 Å². The summed E-state index contributed by atoms with van der Waals surface area (Å²) in [6, 6.07) is 8.32. The van der Waals surface area contributed by atoms with Crippen molar-refractivity contribution >= 4 is 21.7 Å². The molecule has 0 saturated carbocycles. The Balaban J connectivity index is 2.82. The molecule has 1 rings (SSSR count). The Hall–Kier alpha value is -0.740. The van der Waals surface area contributed by atoms with Crippen molar-refractivity contribution in [3.63, 3.8) is 0 Å². The van der Waals surface area contributed by atoms with Crippen molar-refractivity contribution < 1.29 is 12.6 Å². The highest BCUT2D eigenvalue weighted by atomic mass is 35.5. The van der Waals surface area contributed by atoms with Crippen LogP contribution >= 0.6 is 11.6 Å². The van der Waals surface area contributed by atoms with Gasteiger partial charge in [0.05, 0.1) is 0 Å². The third-order valence-electron chi connectivity index (χ3n) is 1.76. The van der Waals surface area contributed by atoms with Crippen LogP contribution < -0.4 is 4.18 Å². The number of halogens is 1. The summed E-state index contributed by atoms with van der Waals surface area (Å²) in [6.07, 6.45) is 0. The van der Waals surface area contributed by atoms with Crippen molar-refractivity contribution in [1.82, 2.24) is 0 Å². The molecular weight excluding hydrogens is 236 g/mol. The van der Waals surface area contributed by atoms with E-state index >= 15 is 0 Å². The highest BCUT2D eigenvalue weighted by Gasteiger charge is 2.28. The maximum Gasteiger partial charge on any atom is 0.326 e. The first-order valence-corrected chi connectivity index (χ1v) is 6.46. The van der Waals surface area contributed by atoms with Crippen LogP contribution in [0.15, 0.2) is 30.3 Å². The van der Waals surface area contributed by atoms with E-state index in [0.717, 1.165) is 0 Å². The molecule has 3 nitrogen and oxygen atoms in total. The summed E-state index contributed by atoms with van der Waals surface area (Å²) in [4.78, 5) is 0. The first kappa shape index (κ1) is 12.3. The molecule has 1 aromatic carbocycles. The highest BCUT2D eigenvalue weighted by molar-refractivity contribution is 7.89. The van der Waals surface area contributed by atoms with Crippen molar-refractivity contribution in [3.05, 3.63) is 30.3 Å². The van der Waals surface area contributed by atoms with E-state index in [1.807, 2.05) is 0 Å². The van der Waals surface area contributed by atoms with E-state index in [-0.39, 0.29) is 11.7 Å². The molecule has 0 spiro atoms. The van der Waals surface area contributed by atoms with E-state index in [2.05, 4.69) is 0 Å². The molecule has 1 unspecified atom stereocenters. The van der Waals surface area contributed by atoms with Gasteiger partial charge < -0.3 is 4.18 Å². The zero-order valence-corrected chi connectivity index (χ0v) is 10.1. The average molecular weight is 249 g/mol. The number of para-hydroxylation sites is 1. The molecule has 5 heteroatoms. The van der Waals surface area contributed by atoms with Gasteiger partial charge in [-0.15, -0.1) is 11.6 Å². The number of rotatable bonds is 4. The van der Waals surface area contributed by atoms with Crippen LogP contribution in [0.2, 0.25) is 0 Å². The Morgan fingerprint density at radius 1 is 1.20 bits per heavy atom. The molecule has 0 radical (unpaired) electrons. The van der Waals surface area contributed by atoms with Crippen molar-refractivity contribution in [2.45, 2.75) is 18.6 Å². The lowest BCUT2D eigenvalue weighted by Gasteiger charge is -2.14. The van der Waals surface area contributed by atoms with Gasteiger partial charge in [0.15, 0.2) is 4.71 Å². The van der Waals surface area contributed by atoms with Gasteiger partial charge in [-0.3, -0.25) is 0 Å². The second kappa shape index (κ2) is 4.86. The summed E-state index contributed by atoms with van der Waals surface area (Å²) in [5, 5.41) is 0. The number of hydrogen-bond donors (Lipinski definition) is 0. The monoisotopic (exact) mass is 248 g/mol. The lowest BCUT2D eigenvalue weighted by molar-refractivity contribution is 0.470. The third-order valence-corrected chi connectivity index (χ3v) is 4.43. The molecule has 1 aromatic rings. The topological polar surface area (TPSA) is 43.4 Å². The van der Waals surface area contributed by atoms with Gasteiger partial charge in [0.1, 0.15) is 5.75 Å². The SMILES string of the molecule is CC(C)C(Cl)S(=O)(=O)Oc1ccccc1. The van der Waals surface area contributed by atoms with Crippen molar-refractivity contribution in [2.24, 2.45) is 5.92 Å². The molecule has 0 aliphatic heterocycles. The first-order valence-electron chi connectivity index (χ1n) is 4.56. The van der Waals surface area contributed by atoms with Crippen LogP contribution in [-0.4, -0.2) is 13.1 Å². The van der Waals surface area contributed by atoms with E-state index in [0.29, 0.717) is 0 Å². The fraction of sp³-hybridized carbons (Fsp3) is 0.400. The van der Waals surface area contributed by atoms with E-state index in [1.165, 1.54) is 0 Å². The molecule has 0 N–H and O–H groups in total. The van der Waals surface area contributed by atoms with Crippen molar-refractivity contribution in [1.29, 1.82) is 0 Å². The van der Waals surface area contributed by atoms with Crippen LogP contribution in [0.5, 0.6) is 5.75 Å². The van der Waals surface area contributed by atoms with Crippen molar-refractivity contribution in [2.75, 3.05) is 0 Å². The molecule has 0 aromatic heterocycles. The van der Waals surface area contributed by atoms with Gasteiger partial charge in [0, 0.05) is 0 Å². The largest absolute Gasteiger partial charge is 0.381 e. The molecular formula is C10H13ClO3S. The Morgan fingerprint density at radius 2 is 1.73 bits per heavy atom. The molecule has 0 amide bonds. The highest BCUT2D eigenvalue weighted by Crippen LogP contribution is 2.21. The molecule has 0 aliphatic rings. The van der Waals surface area contributed by atoms with Crippen LogP contribution in [0.25, 0.3) is 0 Å². The second-order valence-electron chi connectivity index (χ2n) is 3.48. The zero-order chi connectivity index (χ0) is 11.5. The summed E-state index contributed by atoms with van der Waals surface area (Å²) in [7, 11) is -3.75. The van der Waals surface area contributed by atoms with E-state index < -0.39 is 14.8 Å². The van der Waals surface area contributed by atoms with E-state index in [9.17, 15) is 8.42 Å². The minimum Gasteiger partial charge on any atom is -0.381 e. The van der Waals surface area contributed by atoms with Crippen molar-refractivity contribution in [3.8, 4) is 5.75 Å². The number of hydrogen-bond acceptors (Lipinski definition) is 3. The third kappa shape index (κ3) is 3.39. The Labute approximate surface area is 95.1 Å². The molecule has 0 fully saturated rings. The minimum atomic E-state index is -3.75. The van der Waals surface area contributed by atoms with Gasteiger partial charge in [-0.2, -0.15) is 8.42 Å². The van der Waals surface area contributed by atoms with Gasteiger partial charge in [0.2, 0.25) is 0 Å². The van der Waals surface area contributed by atoms with Crippen LogP contribution in [0, 0.1) is 5.92 Å². The Morgan fingerprint density at radius 3 is 2.20 bits per heavy atom. The Kier molecular flexibility index (Phi) is 3.99. The van der Waals surface area contributed by atoms with Crippen LogP contribution in [0.3, 0.4) is 0 Å². The maximum atomic E-state index is 11.6. The zero-order valence-electron chi connectivity index (χ0n) is 8.55. The summed E-state index contributed by atoms with van der Waals surface area (Å²) in [5.74, 6) is 0.0872. The first-order chi connectivity index (χ1) is 6.93. The summed E-state index contributed by atoms with van der Waals surface area (Å²) in [6.45, 7) is 3.45. The van der Waals surface area contributed by atoms with Gasteiger partial charge in [-0.05, 0) is 18.1 Å². The smallest absolute Gasteiger partial charge is 0.326 e. The van der Waals surface area contributed by atoms with Gasteiger partial charge in [-0.1, -0.05) is 32.0 Å². The predicted molar refractivity (Wildman–Crippen MR) is 60.5 cm³/mol. The molecule has 0 bridgehead atoms. The van der Waals surface area contributed by atoms with Gasteiger partial charge in [0.25, 0.3) is 0 Å². The lowest BCUT2D eigenvalue weighted by atomic mass is 10.3. The average Bonchev–Trinajstić information content (AvgIpc) is 2.17. The maximum absolute atomic E-state index is 11.6. The standard InChI is InChI=1S/C10H13ClO3S/c1-8(2)10(11)15(12,13)14-9-6-4-3-5-7-9/h3-8,10H,1-2H3. The van der Waals surface area contributed by atoms with Gasteiger partial charge in [-0.25, -0.2) is 0 Å². The summed E-state index contributed by atoms with van der Waals surface area (Å²) >= 11 is 5.74. The van der Waals surface area contributed by atoms with E-state index in [1.54, 1.807) is 44.2 Å².